The van der Waals surface area contributed by atoms with E-state index in [2.05, 4.69) is 5.32 Å². The van der Waals surface area contributed by atoms with Gasteiger partial charge in [-0.05, 0) is 0 Å². The Labute approximate surface area is 59.8 Å². The van der Waals surface area contributed by atoms with Gasteiger partial charge in [-0.1, -0.05) is 20.8 Å². The van der Waals surface area contributed by atoms with Crippen molar-refractivity contribution in [3.05, 3.63) is 0 Å². The normalized spacial score (nSPS) is 30.5. The van der Waals surface area contributed by atoms with Crippen molar-refractivity contribution < 1.29 is 9.59 Å². The molecule has 0 aliphatic carbocycles. The molecule has 0 aromatic rings. The van der Waals surface area contributed by atoms with Crippen LogP contribution < -0.4 is 5.32 Å². The molecule has 0 spiro atoms. The van der Waals surface area contributed by atoms with Crippen molar-refractivity contribution in [2.75, 3.05) is 0 Å². The van der Waals surface area contributed by atoms with Gasteiger partial charge in [0.05, 0.1) is 5.41 Å². The summed E-state index contributed by atoms with van der Waals surface area (Å²) >= 11 is 0. The summed E-state index contributed by atoms with van der Waals surface area (Å²) in [5.74, 6) is -0.514. The highest BCUT2D eigenvalue weighted by Gasteiger charge is 2.45. The second-order valence-corrected chi connectivity index (χ2v) is 3.26. The molecule has 0 unspecified atom stereocenters. The molecule has 0 bridgehead atoms. The minimum Gasteiger partial charge on any atom is -0.296 e. The first kappa shape index (κ1) is 7.25. The number of nitrogens with one attached hydrogen (secondary N) is 1. The maximum atomic E-state index is 11.0. The summed E-state index contributed by atoms with van der Waals surface area (Å²) in [6.45, 7) is 5.32. The average molecular weight is 141 g/mol. The molecule has 1 heterocycles. The van der Waals surface area contributed by atoms with Crippen molar-refractivity contribution in [2.24, 2.45) is 11.3 Å². The highest BCUT2D eigenvalue weighted by atomic mass is 16.2. The predicted molar refractivity (Wildman–Crippen MR) is 36.1 cm³/mol. The highest BCUT2D eigenvalue weighted by Crippen LogP contribution is 2.31. The molecular formula is C7H11NO2. The van der Waals surface area contributed by atoms with E-state index in [0.717, 1.165) is 0 Å². The van der Waals surface area contributed by atoms with Gasteiger partial charge in [-0.3, -0.25) is 14.9 Å². The van der Waals surface area contributed by atoms with Gasteiger partial charge in [0.2, 0.25) is 11.8 Å². The van der Waals surface area contributed by atoms with E-state index >= 15 is 0 Å². The molecule has 1 rings (SSSR count). The first-order chi connectivity index (χ1) is 4.46. The second kappa shape index (κ2) is 1.81. The number of carbonyl (C=O) groups excluding carboxylic acids is 2. The molecule has 10 heavy (non-hydrogen) atoms. The molecule has 56 valence electrons. The lowest BCUT2D eigenvalue weighted by Crippen LogP contribution is -2.27. The van der Waals surface area contributed by atoms with E-state index in [0.29, 0.717) is 0 Å². The fraction of sp³-hybridized carbons (Fsp3) is 0.714. The summed E-state index contributed by atoms with van der Waals surface area (Å²) in [5.41, 5.74) is -0.517. The van der Waals surface area contributed by atoms with Crippen molar-refractivity contribution in [3.63, 3.8) is 0 Å². The predicted octanol–water partition coefficient (Wildman–Crippen LogP) is 0.305. The molecular weight excluding hydrogens is 130 g/mol. The van der Waals surface area contributed by atoms with E-state index in [-0.39, 0.29) is 17.7 Å². The lowest BCUT2D eigenvalue weighted by molar-refractivity contribution is -0.127. The van der Waals surface area contributed by atoms with Gasteiger partial charge in [-0.25, -0.2) is 0 Å². The quantitative estimate of drug-likeness (QED) is 0.493. The van der Waals surface area contributed by atoms with E-state index in [4.69, 9.17) is 0 Å². The molecule has 1 aliphatic rings. The molecule has 1 atom stereocenters. The van der Waals surface area contributed by atoms with Crippen LogP contribution in [0.4, 0.5) is 0 Å². The van der Waals surface area contributed by atoms with Crippen molar-refractivity contribution in [2.45, 2.75) is 20.8 Å². The van der Waals surface area contributed by atoms with Gasteiger partial charge in [-0.15, -0.1) is 0 Å². The number of carbonyl (C=O) groups is 2. The minimum absolute atomic E-state index is 0.157. The summed E-state index contributed by atoms with van der Waals surface area (Å²) in [4.78, 5) is 21.9. The van der Waals surface area contributed by atoms with E-state index in [1.807, 2.05) is 0 Å². The molecule has 1 N–H and O–H groups in total. The maximum absolute atomic E-state index is 11.0. The number of rotatable bonds is 0. The van der Waals surface area contributed by atoms with Gasteiger partial charge in [0.25, 0.3) is 0 Å². The lowest BCUT2D eigenvalue weighted by atomic mass is 9.82. The molecule has 3 heteroatoms. The molecule has 3 nitrogen and oxygen atoms in total. The van der Waals surface area contributed by atoms with Crippen LogP contribution >= 0.6 is 0 Å². The van der Waals surface area contributed by atoms with Gasteiger partial charge in [0.1, 0.15) is 0 Å². The zero-order chi connectivity index (χ0) is 7.94. The molecule has 0 aromatic carbocycles. The summed E-state index contributed by atoms with van der Waals surface area (Å²) in [5, 5.41) is 2.28. The molecule has 0 saturated carbocycles. The van der Waals surface area contributed by atoms with Crippen LogP contribution in [0.3, 0.4) is 0 Å². The Morgan fingerprint density at radius 2 is 1.90 bits per heavy atom. The Kier molecular flexibility index (Phi) is 1.31. The zero-order valence-electron chi connectivity index (χ0n) is 6.39. The largest absolute Gasteiger partial charge is 0.296 e. The number of amides is 2. The third-order valence-corrected chi connectivity index (χ3v) is 2.30. The van der Waals surface area contributed by atoms with Crippen LogP contribution in [0, 0.1) is 11.3 Å². The van der Waals surface area contributed by atoms with Crippen LogP contribution in [0.5, 0.6) is 0 Å². The van der Waals surface area contributed by atoms with Crippen LogP contribution in [0.2, 0.25) is 0 Å². The first-order valence-corrected chi connectivity index (χ1v) is 3.31. The van der Waals surface area contributed by atoms with Gasteiger partial charge >= 0.3 is 0 Å². The van der Waals surface area contributed by atoms with Gasteiger partial charge < -0.3 is 0 Å². The molecule has 0 aromatic heterocycles. The summed E-state index contributed by atoms with van der Waals surface area (Å²) < 4.78 is 0. The Bertz CT molecular complexity index is 196. The van der Waals surface area contributed by atoms with Crippen LogP contribution in [-0.2, 0) is 9.59 Å². The minimum atomic E-state index is -0.517. The number of hydrogen-bond donors (Lipinski definition) is 1. The fourth-order valence-corrected chi connectivity index (χ4v) is 0.906. The van der Waals surface area contributed by atoms with Crippen LogP contribution in [0.1, 0.15) is 20.8 Å². The molecule has 1 fully saturated rings. The zero-order valence-corrected chi connectivity index (χ0v) is 6.39. The SMILES string of the molecule is C[C@@H]1C(=O)NC(=O)C1(C)C. The van der Waals surface area contributed by atoms with Crippen molar-refractivity contribution >= 4 is 11.8 Å². The van der Waals surface area contributed by atoms with Crippen molar-refractivity contribution in [1.82, 2.24) is 5.32 Å². The lowest BCUT2D eigenvalue weighted by Gasteiger charge is -2.16. The third kappa shape index (κ3) is 0.735. The topological polar surface area (TPSA) is 46.2 Å². The van der Waals surface area contributed by atoms with E-state index < -0.39 is 5.41 Å². The highest BCUT2D eigenvalue weighted by molar-refractivity contribution is 6.06. The number of hydrogen-bond acceptors (Lipinski definition) is 2. The Hall–Kier alpha value is -0.860. The van der Waals surface area contributed by atoms with E-state index in [9.17, 15) is 9.59 Å². The second-order valence-electron chi connectivity index (χ2n) is 3.26. The van der Waals surface area contributed by atoms with E-state index in [1.54, 1.807) is 20.8 Å². The van der Waals surface area contributed by atoms with Gasteiger partial charge in [0.15, 0.2) is 0 Å². The molecule has 0 radical (unpaired) electrons. The molecule has 1 saturated heterocycles. The van der Waals surface area contributed by atoms with E-state index in [1.165, 1.54) is 0 Å². The maximum Gasteiger partial charge on any atom is 0.233 e. The first-order valence-electron chi connectivity index (χ1n) is 3.31. The summed E-state index contributed by atoms with van der Waals surface area (Å²) in [7, 11) is 0. The monoisotopic (exact) mass is 141 g/mol. The molecule has 2 amide bonds. The Morgan fingerprint density at radius 3 is 2.00 bits per heavy atom. The fourth-order valence-electron chi connectivity index (χ4n) is 0.906. The van der Waals surface area contributed by atoms with Crippen molar-refractivity contribution in [1.29, 1.82) is 0 Å². The van der Waals surface area contributed by atoms with Gasteiger partial charge in [0, 0.05) is 5.92 Å². The third-order valence-electron chi connectivity index (χ3n) is 2.30. The van der Waals surface area contributed by atoms with Crippen molar-refractivity contribution in [3.8, 4) is 0 Å². The van der Waals surface area contributed by atoms with Crippen LogP contribution in [-0.4, -0.2) is 11.8 Å². The smallest absolute Gasteiger partial charge is 0.233 e. The standard InChI is InChI=1S/C7H11NO2/c1-4-5(9)8-6(10)7(4,2)3/h4H,1-3H3,(H,8,9,10)/t4-/m1/s1. The average Bonchev–Trinajstić information content (AvgIpc) is 1.97. The molecule has 1 aliphatic heterocycles. The van der Waals surface area contributed by atoms with Gasteiger partial charge in [-0.2, -0.15) is 0 Å². The Balaban J connectivity index is 2.96. The van der Waals surface area contributed by atoms with Crippen LogP contribution in [0.15, 0.2) is 0 Å². The Morgan fingerprint density at radius 1 is 1.40 bits per heavy atom. The summed E-state index contributed by atoms with van der Waals surface area (Å²) in [6, 6.07) is 0. The van der Waals surface area contributed by atoms with Crippen LogP contribution in [0.25, 0.3) is 0 Å². The number of imide groups is 1. The summed E-state index contributed by atoms with van der Waals surface area (Å²) in [6.07, 6.45) is 0.